The standard InChI is InChI=1S/C6H14N2.C6H13N.2H2/c7-8-6-4-2-1-3-5-6;7-6-4-2-1-3-5-6;;/h6,8H,1-5,7H2;6H,1-5,7H2;2*1H. The minimum atomic E-state index is 0. The van der Waals surface area contributed by atoms with Crippen molar-refractivity contribution >= 4 is 0 Å². The Bertz CT molecular complexity index is 147. The molecule has 3 nitrogen and oxygen atoms in total. The van der Waals surface area contributed by atoms with Crippen LogP contribution in [0.1, 0.15) is 67.1 Å². The van der Waals surface area contributed by atoms with E-state index >= 15 is 0 Å². The van der Waals surface area contributed by atoms with Crippen molar-refractivity contribution in [1.82, 2.24) is 5.43 Å². The summed E-state index contributed by atoms with van der Waals surface area (Å²) in [5, 5.41) is 0. The van der Waals surface area contributed by atoms with Gasteiger partial charge in [-0.15, -0.1) is 0 Å². The summed E-state index contributed by atoms with van der Waals surface area (Å²) in [7, 11) is 0. The maximum atomic E-state index is 5.63. The molecule has 0 aromatic heterocycles. The summed E-state index contributed by atoms with van der Waals surface area (Å²) in [6.45, 7) is 0. The predicted molar refractivity (Wildman–Crippen MR) is 69.5 cm³/mol. The van der Waals surface area contributed by atoms with E-state index in [-0.39, 0.29) is 2.85 Å². The Morgan fingerprint density at radius 3 is 1.53 bits per heavy atom. The van der Waals surface area contributed by atoms with E-state index in [1.807, 2.05) is 0 Å². The number of hydrogen-bond acceptors (Lipinski definition) is 3. The number of hydrazine groups is 1. The van der Waals surface area contributed by atoms with Gasteiger partial charge >= 0.3 is 0 Å². The Morgan fingerprint density at radius 1 is 0.800 bits per heavy atom. The third-order valence-corrected chi connectivity index (χ3v) is 3.49. The zero-order chi connectivity index (χ0) is 10.9. The molecule has 15 heavy (non-hydrogen) atoms. The molecule has 0 heterocycles. The highest BCUT2D eigenvalue weighted by molar-refractivity contribution is 4.68. The van der Waals surface area contributed by atoms with Gasteiger partial charge in [-0.1, -0.05) is 38.5 Å². The molecule has 0 spiro atoms. The summed E-state index contributed by atoms with van der Waals surface area (Å²) in [6, 6.07) is 1.15. The Labute approximate surface area is 96.9 Å². The summed E-state index contributed by atoms with van der Waals surface area (Å²) >= 11 is 0. The SMILES string of the molecule is NC1CCCCC1.NNC1CCCCC1.[HH].[HH]. The number of hydrogen-bond donors (Lipinski definition) is 3. The Balaban J connectivity index is 0. The average Bonchev–Trinajstić information content (AvgIpc) is 2.32. The minimum Gasteiger partial charge on any atom is -0.328 e. The molecule has 2 rings (SSSR count). The second-order valence-corrected chi connectivity index (χ2v) is 4.90. The van der Waals surface area contributed by atoms with Crippen LogP contribution >= 0.6 is 0 Å². The molecule has 0 saturated heterocycles. The van der Waals surface area contributed by atoms with Gasteiger partial charge in [-0.3, -0.25) is 11.3 Å². The molecule has 0 bridgehead atoms. The fourth-order valence-corrected chi connectivity index (χ4v) is 2.40. The Hall–Kier alpha value is -0.120. The average molecular weight is 217 g/mol. The molecule has 2 aliphatic carbocycles. The van der Waals surface area contributed by atoms with Gasteiger partial charge in [0, 0.05) is 14.9 Å². The highest BCUT2D eigenvalue weighted by Gasteiger charge is 2.09. The molecule has 5 N–H and O–H groups in total. The van der Waals surface area contributed by atoms with Crippen LogP contribution in [-0.2, 0) is 0 Å². The topological polar surface area (TPSA) is 64.1 Å². The predicted octanol–water partition coefficient (Wildman–Crippen LogP) is 2.55. The van der Waals surface area contributed by atoms with Gasteiger partial charge in [-0.2, -0.15) is 0 Å². The molecule has 2 fully saturated rings. The van der Waals surface area contributed by atoms with Gasteiger partial charge in [-0.25, -0.2) is 0 Å². The van der Waals surface area contributed by atoms with E-state index in [4.69, 9.17) is 11.6 Å². The fraction of sp³-hybridized carbons (Fsp3) is 1.00. The van der Waals surface area contributed by atoms with E-state index in [0.29, 0.717) is 12.1 Å². The van der Waals surface area contributed by atoms with Gasteiger partial charge < -0.3 is 5.73 Å². The highest BCUT2D eigenvalue weighted by atomic mass is 15.2. The van der Waals surface area contributed by atoms with E-state index in [1.54, 1.807) is 0 Å². The normalized spacial score (nSPS) is 24.4. The molecule has 2 saturated carbocycles. The molecule has 0 amide bonds. The van der Waals surface area contributed by atoms with E-state index in [1.165, 1.54) is 64.2 Å². The zero-order valence-corrected chi connectivity index (χ0v) is 9.88. The van der Waals surface area contributed by atoms with Crippen molar-refractivity contribution < 1.29 is 2.85 Å². The summed E-state index contributed by atoms with van der Waals surface area (Å²) < 4.78 is 0. The fourth-order valence-electron chi connectivity index (χ4n) is 2.40. The quantitative estimate of drug-likeness (QED) is 0.467. The van der Waals surface area contributed by atoms with Crippen molar-refractivity contribution in [1.29, 1.82) is 0 Å². The van der Waals surface area contributed by atoms with Crippen LogP contribution < -0.4 is 17.0 Å². The highest BCUT2D eigenvalue weighted by Crippen LogP contribution is 2.16. The molecule has 0 atom stereocenters. The van der Waals surface area contributed by atoms with Crippen molar-refractivity contribution in [2.75, 3.05) is 0 Å². The molecule has 3 heteroatoms. The van der Waals surface area contributed by atoms with Crippen LogP contribution in [0.4, 0.5) is 0 Å². The molecule has 0 aliphatic heterocycles. The summed E-state index contributed by atoms with van der Waals surface area (Å²) in [6.07, 6.45) is 13.3. The van der Waals surface area contributed by atoms with Crippen molar-refractivity contribution in [3.8, 4) is 0 Å². The summed E-state index contributed by atoms with van der Waals surface area (Å²) in [5.74, 6) is 5.25. The maximum Gasteiger partial charge on any atom is 0.0210 e. The zero-order valence-electron chi connectivity index (χ0n) is 9.88. The molecule has 2 aliphatic rings. The monoisotopic (exact) mass is 217 g/mol. The number of nitrogens with two attached hydrogens (primary N) is 2. The van der Waals surface area contributed by atoms with Gasteiger partial charge in [0.15, 0.2) is 0 Å². The van der Waals surface area contributed by atoms with Gasteiger partial charge in [0.25, 0.3) is 0 Å². The first-order valence-corrected chi connectivity index (χ1v) is 6.54. The molecular weight excluding hydrogens is 186 g/mol. The van der Waals surface area contributed by atoms with Crippen molar-refractivity contribution in [2.24, 2.45) is 11.6 Å². The first-order chi connectivity index (χ1) is 7.33. The molecule has 0 aromatic carbocycles. The van der Waals surface area contributed by atoms with Gasteiger partial charge in [-0.05, 0) is 25.7 Å². The number of rotatable bonds is 1. The third-order valence-electron chi connectivity index (χ3n) is 3.49. The second-order valence-electron chi connectivity index (χ2n) is 4.90. The van der Waals surface area contributed by atoms with Crippen LogP contribution in [0.15, 0.2) is 0 Å². The first-order valence-electron chi connectivity index (χ1n) is 6.54. The van der Waals surface area contributed by atoms with E-state index in [2.05, 4.69) is 5.43 Å². The summed E-state index contributed by atoms with van der Waals surface area (Å²) in [4.78, 5) is 0. The van der Waals surface area contributed by atoms with E-state index in [0.717, 1.165) is 0 Å². The maximum absolute atomic E-state index is 5.63. The van der Waals surface area contributed by atoms with Crippen LogP contribution in [0, 0.1) is 0 Å². The van der Waals surface area contributed by atoms with Crippen molar-refractivity contribution in [3.63, 3.8) is 0 Å². The van der Waals surface area contributed by atoms with Crippen LogP contribution in [-0.4, -0.2) is 12.1 Å². The van der Waals surface area contributed by atoms with Crippen molar-refractivity contribution in [3.05, 3.63) is 0 Å². The van der Waals surface area contributed by atoms with E-state index < -0.39 is 0 Å². The third kappa shape index (κ3) is 6.13. The first kappa shape index (κ1) is 12.9. The minimum absolute atomic E-state index is 0. The molecule has 0 unspecified atom stereocenters. The lowest BCUT2D eigenvalue weighted by atomic mass is 9.96. The molecular formula is C12H31N3. The summed E-state index contributed by atoms with van der Waals surface area (Å²) in [5.41, 5.74) is 8.44. The van der Waals surface area contributed by atoms with Crippen LogP contribution in [0.5, 0.6) is 0 Å². The van der Waals surface area contributed by atoms with Gasteiger partial charge in [0.05, 0.1) is 0 Å². The van der Waals surface area contributed by atoms with Gasteiger partial charge in [0.1, 0.15) is 0 Å². The second kappa shape index (κ2) is 8.08. The lowest BCUT2D eigenvalue weighted by molar-refractivity contribution is 0.379. The molecule has 0 radical (unpaired) electrons. The van der Waals surface area contributed by atoms with Crippen LogP contribution in [0.3, 0.4) is 0 Å². The Morgan fingerprint density at radius 2 is 1.27 bits per heavy atom. The van der Waals surface area contributed by atoms with Gasteiger partial charge in [0.2, 0.25) is 0 Å². The van der Waals surface area contributed by atoms with Crippen LogP contribution in [0.25, 0.3) is 0 Å². The smallest absolute Gasteiger partial charge is 0.0210 e. The largest absolute Gasteiger partial charge is 0.328 e. The molecule has 0 aromatic rings. The lowest BCUT2D eigenvalue weighted by Gasteiger charge is -2.19. The number of nitrogens with one attached hydrogen (secondary N) is 1. The van der Waals surface area contributed by atoms with E-state index in [9.17, 15) is 0 Å². The lowest BCUT2D eigenvalue weighted by Crippen LogP contribution is -2.36. The van der Waals surface area contributed by atoms with Crippen molar-refractivity contribution in [2.45, 2.75) is 76.3 Å². The molecule has 94 valence electrons. The van der Waals surface area contributed by atoms with Crippen LogP contribution in [0.2, 0.25) is 0 Å². The Kier molecular flexibility index (Phi) is 6.98.